The lowest BCUT2D eigenvalue weighted by atomic mass is 9.87. The maximum absolute atomic E-state index is 13.4. The first-order valence-corrected chi connectivity index (χ1v) is 12.0. The fraction of sp³-hybridized carbons (Fsp3) is 0.233. The van der Waals surface area contributed by atoms with Crippen molar-refractivity contribution in [3.8, 4) is 0 Å². The minimum atomic E-state index is -0.981. The number of hydrogen-bond donors (Lipinski definition) is 2. The van der Waals surface area contributed by atoms with Crippen LogP contribution in [0.25, 0.3) is 6.08 Å². The van der Waals surface area contributed by atoms with E-state index in [2.05, 4.69) is 31.4 Å². The van der Waals surface area contributed by atoms with Crippen LogP contribution in [0.1, 0.15) is 43.9 Å². The van der Waals surface area contributed by atoms with Crippen molar-refractivity contribution in [3.63, 3.8) is 0 Å². The molecule has 0 fully saturated rings. The van der Waals surface area contributed by atoms with Gasteiger partial charge >= 0.3 is 0 Å². The Kier molecular flexibility index (Phi) is 7.06. The molecule has 3 aromatic rings. The molecule has 1 atom stereocenters. The van der Waals surface area contributed by atoms with Crippen LogP contribution in [0.15, 0.2) is 78.9 Å². The molecule has 1 unspecified atom stereocenters. The van der Waals surface area contributed by atoms with Crippen LogP contribution in [-0.2, 0) is 19.8 Å². The lowest BCUT2D eigenvalue weighted by Gasteiger charge is -2.35. The van der Waals surface area contributed by atoms with E-state index in [1.54, 1.807) is 42.5 Å². The average Bonchev–Trinajstić information content (AvgIpc) is 2.84. The lowest BCUT2D eigenvalue weighted by molar-refractivity contribution is -0.124. The zero-order valence-corrected chi connectivity index (χ0v) is 21.0. The number of nitrogens with zero attached hydrogens (tertiary/aromatic N) is 1. The van der Waals surface area contributed by atoms with Crippen LogP contribution in [0, 0.1) is 6.92 Å². The van der Waals surface area contributed by atoms with E-state index in [9.17, 15) is 14.4 Å². The van der Waals surface area contributed by atoms with Gasteiger partial charge in [-0.1, -0.05) is 74.9 Å². The molecule has 0 bridgehead atoms. The molecule has 1 aliphatic heterocycles. The number of anilines is 3. The molecule has 184 valence electrons. The number of carbonyl (C=O) groups excluding carboxylic acids is 3. The van der Waals surface area contributed by atoms with E-state index < -0.39 is 11.9 Å². The van der Waals surface area contributed by atoms with Gasteiger partial charge in [0.05, 0.1) is 17.8 Å². The van der Waals surface area contributed by atoms with Crippen molar-refractivity contribution >= 4 is 40.9 Å². The number of amides is 3. The molecule has 36 heavy (non-hydrogen) atoms. The Hall–Kier alpha value is -4.19. The second-order valence-corrected chi connectivity index (χ2v) is 10.1. The van der Waals surface area contributed by atoms with Crippen LogP contribution >= 0.6 is 0 Å². The molecule has 0 radical (unpaired) electrons. The van der Waals surface area contributed by atoms with Gasteiger partial charge in [-0.2, -0.15) is 0 Å². The van der Waals surface area contributed by atoms with E-state index >= 15 is 0 Å². The van der Waals surface area contributed by atoms with E-state index in [0.717, 1.165) is 11.1 Å². The Labute approximate surface area is 212 Å². The van der Waals surface area contributed by atoms with Crippen LogP contribution in [0.3, 0.4) is 0 Å². The predicted octanol–water partition coefficient (Wildman–Crippen LogP) is 5.69. The highest BCUT2D eigenvalue weighted by atomic mass is 16.2. The highest BCUT2D eigenvalue weighted by Gasteiger charge is 2.37. The summed E-state index contributed by atoms with van der Waals surface area (Å²) >= 11 is 0. The number of fused-ring (bicyclic) bond motifs is 1. The SMILES string of the molecule is Cc1ccc(NC(=O)CC2C(=O)Nc3ccccc3N2C(=O)C=Cc2ccc(C(C)(C)C)cc2)cc1. The van der Waals surface area contributed by atoms with Crippen molar-refractivity contribution in [2.75, 3.05) is 15.5 Å². The molecule has 2 N–H and O–H groups in total. The largest absolute Gasteiger partial charge is 0.326 e. The third-order valence-corrected chi connectivity index (χ3v) is 6.18. The Bertz CT molecular complexity index is 1300. The maximum Gasteiger partial charge on any atom is 0.251 e. The summed E-state index contributed by atoms with van der Waals surface area (Å²) in [6, 6.07) is 21.6. The summed E-state index contributed by atoms with van der Waals surface area (Å²) in [5.74, 6) is -1.12. The number of carbonyl (C=O) groups is 3. The number of rotatable bonds is 5. The summed E-state index contributed by atoms with van der Waals surface area (Å²) in [5.41, 5.74) is 4.92. The van der Waals surface area contributed by atoms with E-state index in [-0.39, 0.29) is 23.7 Å². The number of benzene rings is 3. The lowest BCUT2D eigenvalue weighted by Crippen LogP contribution is -2.52. The second-order valence-electron chi connectivity index (χ2n) is 10.1. The molecule has 6 heteroatoms. The molecule has 1 heterocycles. The van der Waals surface area contributed by atoms with Crippen molar-refractivity contribution in [2.24, 2.45) is 0 Å². The quantitative estimate of drug-likeness (QED) is 0.460. The normalized spacial score (nSPS) is 15.4. The predicted molar refractivity (Wildman–Crippen MR) is 145 cm³/mol. The molecule has 0 saturated heterocycles. The molecule has 0 aliphatic carbocycles. The molecule has 6 nitrogen and oxygen atoms in total. The van der Waals surface area contributed by atoms with Gasteiger partial charge in [0.25, 0.3) is 5.91 Å². The number of aryl methyl sites for hydroxylation is 1. The summed E-state index contributed by atoms with van der Waals surface area (Å²) in [6.45, 7) is 8.41. The zero-order chi connectivity index (χ0) is 25.9. The molecule has 0 spiro atoms. The van der Waals surface area contributed by atoms with Crippen LogP contribution in [0.2, 0.25) is 0 Å². The molecule has 1 aliphatic rings. The first kappa shape index (κ1) is 24.9. The molecular weight excluding hydrogens is 450 g/mol. The third-order valence-electron chi connectivity index (χ3n) is 6.18. The first-order chi connectivity index (χ1) is 17.1. The average molecular weight is 482 g/mol. The highest BCUT2D eigenvalue weighted by molar-refractivity contribution is 6.16. The van der Waals surface area contributed by atoms with Crippen LogP contribution in [0.4, 0.5) is 17.1 Å². The Morgan fingerprint density at radius 2 is 1.64 bits per heavy atom. The van der Waals surface area contributed by atoms with E-state index in [4.69, 9.17) is 0 Å². The van der Waals surface area contributed by atoms with Gasteiger partial charge in [0, 0.05) is 11.8 Å². The Morgan fingerprint density at radius 3 is 2.31 bits per heavy atom. The Morgan fingerprint density at radius 1 is 0.972 bits per heavy atom. The summed E-state index contributed by atoms with van der Waals surface area (Å²) < 4.78 is 0. The summed E-state index contributed by atoms with van der Waals surface area (Å²) in [6.07, 6.45) is 3.01. The molecule has 4 rings (SSSR count). The summed E-state index contributed by atoms with van der Waals surface area (Å²) in [7, 11) is 0. The zero-order valence-electron chi connectivity index (χ0n) is 21.0. The standard InChI is InChI=1S/C30H31N3O3/c1-20-9-16-23(17-10-20)31-27(34)19-26-29(36)32-24-7-5-6-8-25(24)33(26)28(35)18-13-21-11-14-22(15-12-21)30(2,3)4/h5-18,26H,19H2,1-4H3,(H,31,34)(H,32,36). The van der Waals surface area contributed by atoms with E-state index in [1.807, 2.05) is 43.3 Å². The molecule has 0 saturated carbocycles. The van der Waals surface area contributed by atoms with Gasteiger partial charge in [0.2, 0.25) is 11.8 Å². The van der Waals surface area contributed by atoms with Crippen LogP contribution in [0.5, 0.6) is 0 Å². The summed E-state index contributed by atoms with van der Waals surface area (Å²) in [5, 5.41) is 5.65. The van der Waals surface area contributed by atoms with Gasteiger partial charge in [-0.3, -0.25) is 19.3 Å². The van der Waals surface area contributed by atoms with Crippen molar-refractivity contribution in [3.05, 3.63) is 95.6 Å². The number of hydrogen-bond acceptors (Lipinski definition) is 3. The van der Waals surface area contributed by atoms with Gasteiger partial charge in [0.15, 0.2) is 0 Å². The highest BCUT2D eigenvalue weighted by Crippen LogP contribution is 2.33. The van der Waals surface area contributed by atoms with Gasteiger partial charge in [-0.15, -0.1) is 0 Å². The van der Waals surface area contributed by atoms with Crippen molar-refractivity contribution in [2.45, 2.75) is 45.6 Å². The van der Waals surface area contributed by atoms with Crippen molar-refractivity contribution in [1.82, 2.24) is 0 Å². The molecule has 0 aromatic heterocycles. The molecule has 3 aromatic carbocycles. The van der Waals surface area contributed by atoms with Crippen molar-refractivity contribution in [1.29, 1.82) is 0 Å². The fourth-order valence-corrected chi connectivity index (χ4v) is 4.11. The second kappa shape index (κ2) is 10.2. The van der Waals surface area contributed by atoms with Crippen LogP contribution < -0.4 is 15.5 Å². The van der Waals surface area contributed by atoms with Crippen LogP contribution in [-0.4, -0.2) is 23.8 Å². The molecule has 3 amide bonds. The molecular formula is C30H31N3O3. The van der Waals surface area contributed by atoms with E-state index in [0.29, 0.717) is 17.1 Å². The van der Waals surface area contributed by atoms with Crippen molar-refractivity contribution < 1.29 is 14.4 Å². The summed E-state index contributed by atoms with van der Waals surface area (Å²) in [4.78, 5) is 40.7. The number of nitrogens with one attached hydrogen (secondary N) is 2. The van der Waals surface area contributed by atoms with Gasteiger partial charge < -0.3 is 10.6 Å². The van der Waals surface area contributed by atoms with Gasteiger partial charge in [-0.25, -0.2) is 0 Å². The fourth-order valence-electron chi connectivity index (χ4n) is 4.11. The third kappa shape index (κ3) is 5.71. The Balaban J connectivity index is 1.57. The van der Waals surface area contributed by atoms with Gasteiger partial charge in [0.1, 0.15) is 6.04 Å². The minimum absolute atomic E-state index is 0.0370. The smallest absolute Gasteiger partial charge is 0.251 e. The minimum Gasteiger partial charge on any atom is -0.326 e. The van der Waals surface area contributed by atoms with E-state index in [1.165, 1.54) is 16.5 Å². The monoisotopic (exact) mass is 481 g/mol. The number of para-hydroxylation sites is 2. The van der Waals surface area contributed by atoms with Gasteiger partial charge in [-0.05, 0) is 53.8 Å². The first-order valence-electron chi connectivity index (χ1n) is 12.0. The maximum atomic E-state index is 13.4. The topological polar surface area (TPSA) is 78.5 Å².